The third kappa shape index (κ3) is 6.25. The Kier molecular flexibility index (Phi) is 10.0. The number of allylic oxidation sites excluding steroid dienone is 4. The summed E-state index contributed by atoms with van der Waals surface area (Å²) >= 11 is 0. The number of hydrogen-bond donors (Lipinski definition) is 2. The molecular weight excluding hydrogens is 412 g/mol. The molecular formula is C25H35F2N3O2. The van der Waals surface area contributed by atoms with Crippen LogP contribution in [0.5, 0.6) is 0 Å². The fraction of sp³-hybridized carbons (Fsp3) is 0.520. The number of carbonyl (C=O) groups excluding carboxylic acids is 1. The van der Waals surface area contributed by atoms with Crippen molar-refractivity contribution in [2.75, 3.05) is 33.8 Å². The highest BCUT2D eigenvalue weighted by Crippen LogP contribution is 2.34. The molecule has 1 aliphatic rings. The van der Waals surface area contributed by atoms with Crippen LogP contribution in [0.15, 0.2) is 40.4 Å². The highest BCUT2D eigenvalue weighted by Gasteiger charge is 2.26. The van der Waals surface area contributed by atoms with Crippen molar-refractivity contribution in [2.24, 2.45) is 10.9 Å². The van der Waals surface area contributed by atoms with Crippen molar-refractivity contribution in [3.8, 4) is 0 Å². The number of aliphatic hydroxyl groups is 1. The summed E-state index contributed by atoms with van der Waals surface area (Å²) in [6.07, 6.45) is 5.95. The molecule has 1 fully saturated rings. The van der Waals surface area contributed by atoms with Gasteiger partial charge in [-0.25, -0.2) is 13.6 Å². The molecule has 0 radical (unpaired) electrons. The fourth-order valence-corrected chi connectivity index (χ4v) is 4.25. The number of nitrogens with one attached hydrogen (secondary N) is 1. The van der Waals surface area contributed by atoms with E-state index in [0.29, 0.717) is 25.0 Å². The molecule has 1 aliphatic carbocycles. The van der Waals surface area contributed by atoms with Gasteiger partial charge < -0.3 is 15.3 Å². The second-order valence-electron chi connectivity index (χ2n) is 8.07. The molecule has 2 rings (SSSR count). The number of halogens is 2. The van der Waals surface area contributed by atoms with Gasteiger partial charge in [-0.05, 0) is 68.4 Å². The van der Waals surface area contributed by atoms with Crippen molar-refractivity contribution in [2.45, 2.75) is 46.0 Å². The van der Waals surface area contributed by atoms with Crippen molar-refractivity contribution in [3.63, 3.8) is 0 Å². The number of amides is 2. The van der Waals surface area contributed by atoms with Gasteiger partial charge in [0.2, 0.25) is 0 Å². The summed E-state index contributed by atoms with van der Waals surface area (Å²) in [7, 11) is 3.31. The van der Waals surface area contributed by atoms with E-state index in [-0.39, 0.29) is 30.7 Å². The van der Waals surface area contributed by atoms with E-state index in [1.807, 2.05) is 19.9 Å². The number of aliphatic imine (C=N–C) groups is 1. The van der Waals surface area contributed by atoms with Crippen molar-refractivity contribution >= 4 is 17.3 Å². The maximum atomic E-state index is 14.6. The van der Waals surface area contributed by atoms with E-state index in [0.717, 1.165) is 36.1 Å². The molecule has 0 saturated heterocycles. The van der Waals surface area contributed by atoms with Crippen LogP contribution in [0.25, 0.3) is 5.57 Å². The van der Waals surface area contributed by atoms with Gasteiger partial charge in [0.25, 0.3) is 0 Å². The van der Waals surface area contributed by atoms with Gasteiger partial charge in [0.15, 0.2) is 0 Å². The lowest BCUT2D eigenvalue weighted by Gasteiger charge is -2.29. The molecule has 1 aromatic carbocycles. The van der Waals surface area contributed by atoms with Crippen LogP contribution in [0.2, 0.25) is 0 Å². The quantitative estimate of drug-likeness (QED) is 0.591. The summed E-state index contributed by atoms with van der Waals surface area (Å²) < 4.78 is 29.2. The van der Waals surface area contributed by atoms with Gasteiger partial charge in [-0.2, -0.15) is 0 Å². The van der Waals surface area contributed by atoms with Crippen molar-refractivity contribution < 1.29 is 18.7 Å². The lowest BCUT2D eigenvalue weighted by molar-refractivity contribution is 0.176. The average Bonchev–Trinajstić information content (AvgIpc) is 2.79. The van der Waals surface area contributed by atoms with Crippen LogP contribution >= 0.6 is 0 Å². The van der Waals surface area contributed by atoms with E-state index >= 15 is 0 Å². The molecule has 0 aliphatic heterocycles. The topological polar surface area (TPSA) is 64.9 Å². The van der Waals surface area contributed by atoms with Gasteiger partial charge in [-0.15, -0.1) is 0 Å². The van der Waals surface area contributed by atoms with E-state index in [1.54, 1.807) is 19.0 Å². The van der Waals surface area contributed by atoms with Crippen LogP contribution in [0, 0.1) is 17.6 Å². The summed E-state index contributed by atoms with van der Waals surface area (Å²) in [6.45, 7) is 4.53. The minimum atomic E-state index is -0.572. The second-order valence-corrected chi connectivity index (χ2v) is 8.07. The Bertz CT molecular complexity index is 873. The fourth-order valence-electron chi connectivity index (χ4n) is 4.25. The molecule has 0 spiro atoms. The van der Waals surface area contributed by atoms with Gasteiger partial charge in [-0.1, -0.05) is 18.6 Å². The van der Waals surface area contributed by atoms with Crippen LogP contribution < -0.4 is 5.32 Å². The third-order valence-electron chi connectivity index (χ3n) is 6.11. The Labute approximate surface area is 189 Å². The van der Waals surface area contributed by atoms with Crippen LogP contribution in [0.4, 0.5) is 13.6 Å². The first kappa shape index (κ1) is 25.7. The molecule has 2 N–H and O–H groups in total. The average molecular weight is 448 g/mol. The maximum Gasteiger partial charge on any atom is 0.317 e. The molecule has 1 unspecified atom stereocenters. The van der Waals surface area contributed by atoms with Gasteiger partial charge in [0.05, 0.1) is 12.2 Å². The smallest absolute Gasteiger partial charge is 0.317 e. The number of rotatable bonds is 8. The predicted octanol–water partition coefficient (Wildman–Crippen LogP) is 4.97. The minimum Gasteiger partial charge on any atom is -0.395 e. The highest BCUT2D eigenvalue weighted by atomic mass is 19.1. The Hall–Kier alpha value is -2.54. The van der Waals surface area contributed by atoms with Gasteiger partial charge in [0.1, 0.15) is 11.6 Å². The van der Waals surface area contributed by atoms with Crippen LogP contribution in [0.1, 0.15) is 51.5 Å². The molecule has 0 aromatic heterocycles. The van der Waals surface area contributed by atoms with Crippen LogP contribution in [-0.2, 0) is 0 Å². The Morgan fingerprint density at radius 3 is 2.56 bits per heavy atom. The molecule has 1 aromatic rings. The van der Waals surface area contributed by atoms with Gasteiger partial charge >= 0.3 is 6.03 Å². The molecule has 5 nitrogen and oxygen atoms in total. The first-order valence-corrected chi connectivity index (χ1v) is 11.3. The molecule has 1 saturated carbocycles. The lowest BCUT2D eigenvalue weighted by Crippen LogP contribution is -2.41. The zero-order valence-corrected chi connectivity index (χ0v) is 19.5. The highest BCUT2D eigenvalue weighted by molar-refractivity contribution is 6.04. The maximum absolute atomic E-state index is 14.6. The van der Waals surface area contributed by atoms with E-state index < -0.39 is 11.6 Å². The van der Waals surface area contributed by atoms with Crippen molar-refractivity contribution in [3.05, 3.63) is 52.6 Å². The van der Waals surface area contributed by atoms with Gasteiger partial charge in [0, 0.05) is 38.8 Å². The Morgan fingerprint density at radius 2 is 2.00 bits per heavy atom. The number of aliphatic hydroxyl groups excluding tert-OH is 1. The number of benzene rings is 1. The third-order valence-corrected chi connectivity index (χ3v) is 6.11. The van der Waals surface area contributed by atoms with Crippen molar-refractivity contribution in [1.82, 2.24) is 10.2 Å². The summed E-state index contributed by atoms with van der Waals surface area (Å²) in [5.41, 5.74) is 3.41. The first-order valence-electron chi connectivity index (χ1n) is 11.3. The molecule has 32 heavy (non-hydrogen) atoms. The van der Waals surface area contributed by atoms with E-state index in [4.69, 9.17) is 0 Å². The Morgan fingerprint density at radius 1 is 1.31 bits per heavy atom. The number of urea groups is 1. The lowest BCUT2D eigenvalue weighted by atomic mass is 9.80. The zero-order chi connectivity index (χ0) is 23.7. The van der Waals surface area contributed by atoms with E-state index in [1.165, 1.54) is 18.2 Å². The number of nitrogens with zero attached hydrogens (tertiary/aromatic N) is 2. The normalized spacial score (nSPS) is 19.8. The summed E-state index contributed by atoms with van der Waals surface area (Å²) in [5, 5.41) is 11.9. The second kappa shape index (κ2) is 12.5. The molecule has 176 valence electrons. The first-order chi connectivity index (χ1) is 15.4. The Balaban J connectivity index is 2.36. The predicted molar refractivity (Wildman–Crippen MR) is 126 cm³/mol. The largest absolute Gasteiger partial charge is 0.395 e. The zero-order valence-electron chi connectivity index (χ0n) is 19.5. The standard InChI is InChI=1S/C25H35F2N3O2/c1-5-17(2)20(23-21(26)10-7-11-22(23)27)16-19-9-6-8-18(24(19)28-3)12-13-30(14-15-31)25(32)29-4/h7,10-11,16,18,31H,5-6,8-9,12-15H2,1-4H3,(H,29,32)/b19-16-,20-17-,28-24?. The molecule has 0 heterocycles. The van der Waals surface area contributed by atoms with Crippen LogP contribution in [-0.4, -0.2) is 55.5 Å². The van der Waals surface area contributed by atoms with E-state index in [9.17, 15) is 18.7 Å². The van der Waals surface area contributed by atoms with E-state index in [2.05, 4.69) is 10.3 Å². The monoisotopic (exact) mass is 447 g/mol. The van der Waals surface area contributed by atoms with Crippen molar-refractivity contribution in [1.29, 1.82) is 0 Å². The minimum absolute atomic E-state index is 0.00524. The molecule has 2 amide bonds. The SMILES string of the molecule is CC/C(C)=C(/C=C1/CCCC(CCN(CCO)C(=O)NC)C1=NC)c1c(F)cccc1F. The van der Waals surface area contributed by atoms with Crippen LogP contribution in [0.3, 0.4) is 0 Å². The molecule has 7 heteroatoms. The molecule has 0 bridgehead atoms. The van der Waals surface area contributed by atoms with Gasteiger partial charge in [-0.3, -0.25) is 4.99 Å². The summed E-state index contributed by atoms with van der Waals surface area (Å²) in [4.78, 5) is 18.2. The number of hydrogen-bond acceptors (Lipinski definition) is 3. The summed E-state index contributed by atoms with van der Waals surface area (Å²) in [6, 6.07) is 3.72. The molecule has 1 atom stereocenters. The number of carbonyl (C=O) groups is 1. The summed E-state index contributed by atoms with van der Waals surface area (Å²) in [5.74, 6) is -1.01.